The molecular weight excluding hydrogens is 226 g/mol. The third kappa shape index (κ3) is 4.69. The molecule has 1 heterocycles. The average Bonchev–Trinajstić information content (AvgIpc) is 2.62. The van der Waals surface area contributed by atoms with E-state index in [1.165, 1.54) is 0 Å². The lowest BCUT2D eigenvalue weighted by Gasteiger charge is -2.11. The Morgan fingerprint density at radius 2 is 2.12 bits per heavy atom. The Morgan fingerprint density at radius 1 is 1.41 bits per heavy atom. The van der Waals surface area contributed by atoms with Gasteiger partial charge in [0, 0.05) is 13.0 Å². The number of carbonyl (C=O) groups is 2. The lowest BCUT2D eigenvalue weighted by Crippen LogP contribution is -2.39. The molecule has 17 heavy (non-hydrogen) atoms. The summed E-state index contributed by atoms with van der Waals surface area (Å²) in [5.41, 5.74) is 0. The SMILES string of the molecule is Cc1ccc(CCNC(CC(=O)O)C(=O)O)o1. The second-order valence-electron chi connectivity index (χ2n) is 3.71. The van der Waals surface area contributed by atoms with E-state index in [-0.39, 0.29) is 0 Å². The minimum Gasteiger partial charge on any atom is -0.481 e. The largest absolute Gasteiger partial charge is 0.481 e. The molecule has 0 aliphatic rings. The first-order valence-electron chi connectivity index (χ1n) is 5.22. The Balaban J connectivity index is 2.37. The fourth-order valence-electron chi connectivity index (χ4n) is 1.41. The number of carboxylic acids is 2. The summed E-state index contributed by atoms with van der Waals surface area (Å²) in [6.45, 7) is 2.18. The summed E-state index contributed by atoms with van der Waals surface area (Å²) in [6.07, 6.45) is 0.0871. The Labute approximate surface area is 98.2 Å². The van der Waals surface area contributed by atoms with Gasteiger partial charge in [0.05, 0.1) is 6.42 Å². The van der Waals surface area contributed by atoms with Crippen LogP contribution in [-0.4, -0.2) is 34.7 Å². The zero-order valence-corrected chi connectivity index (χ0v) is 9.47. The first kappa shape index (κ1) is 13.2. The van der Waals surface area contributed by atoms with Gasteiger partial charge >= 0.3 is 11.9 Å². The van der Waals surface area contributed by atoms with E-state index in [1.54, 1.807) is 0 Å². The van der Waals surface area contributed by atoms with E-state index >= 15 is 0 Å². The van der Waals surface area contributed by atoms with Gasteiger partial charge in [-0.25, -0.2) is 0 Å². The molecule has 0 fully saturated rings. The first-order chi connectivity index (χ1) is 7.99. The summed E-state index contributed by atoms with van der Waals surface area (Å²) in [7, 11) is 0. The predicted molar refractivity (Wildman–Crippen MR) is 58.8 cm³/mol. The standard InChI is InChI=1S/C11H15NO5/c1-7-2-3-8(17-7)4-5-12-9(11(15)16)6-10(13)14/h2-3,9,12H,4-6H2,1H3,(H,13,14)(H,15,16). The second-order valence-corrected chi connectivity index (χ2v) is 3.71. The van der Waals surface area contributed by atoms with E-state index in [2.05, 4.69) is 5.32 Å². The molecule has 1 unspecified atom stereocenters. The molecule has 0 saturated heterocycles. The molecule has 0 amide bonds. The molecule has 1 aromatic rings. The van der Waals surface area contributed by atoms with Gasteiger partial charge in [0.15, 0.2) is 0 Å². The van der Waals surface area contributed by atoms with Crippen molar-refractivity contribution in [3.63, 3.8) is 0 Å². The summed E-state index contributed by atoms with van der Waals surface area (Å²) in [4.78, 5) is 21.2. The van der Waals surface area contributed by atoms with Gasteiger partial charge in [-0.3, -0.25) is 9.59 Å². The molecule has 1 rings (SSSR count). The molecule has 1 atom stereocenters. The summed E-state index contributed by atoms with van der Waals surface area (Å²) in [5.74, 6) is -0.767. The first-order valence-corrected chi connectivity index (χ1v) is 5.22. The summed E-state index contributed by atoms with van der Waals surface area (Å²) >= 11 is 0. The van der Waals surface area contributed by atoms with Crippen LogP contribution in [0.4, 0.5) is 0 Å². The van der Waals surface area contributed by atoms with E-state index in [0.29, 0.717) is 13.0 Å². The molecule has 0 aliphatic carbocycles. The fraction of sp³-hybridized carbons (Fsp3) is 0.455. The summed E-state index contributed by atoms with van der Waals surface area (Å²) in [6, 6.07) is 2.56. The normalized spacial score (nSPS) is 12.3. The van der Waals surface area contributed by atoms with Crippen molar-refractivity contribution in [2.24, 2.45) is 0 Å². The molecule has 0 saturated carbocycles. The quantitative estimate of drug-likeness (QED) is 0.648. The van der Waals surface area contributed by atoms with Crippen LogP contribution in [0.3, 0.4) is 0 Å². The van der Waals surface area contributed by atoms with Crippen LogP contribution >= 0.6 is 0 Å². The van der Waals surface area contributed by atoms with Gasteiger partial charge < -0.3 is 19.9 Å². The average molecular weight is 241 g/mol. The molecular formula is C11H15NO5. The van der Waals surface area contributed by atoms with Gasteiger partial charge in [0.25, 0.3) is 0 Å². The minimum absolute atomic E-state index is 0.358. The van der Waals surface area contributed by atoms with Gasteiger partial charge in [0.1, 0.15) is 17.6 Å². The number of carboxylic acid groups (broad SMARTS) is 2. The molecule has 6 nitrogen and oxygen atoms in total. The van der Waals surface area contributed by atoms with Crippen molar-refractivity contribution >= 4 is 11.9 Å². The predicted octanol–water partition coefficient (Wildman–Crippen LogP) is 0.648. The third-order valence-corrected chi connectivity index (χ3v) is 2.23. The lowest BCUT2D eigenvalue weighted by atomic mass is 10.2. The van der Waals surface area contributed by atoms with Gasteiger partial charge in [0.2, 0.25) is 0 Å². The number of rotatable bonds is 7. The molecule has 3 N–H and O–H groups in total. The number of aliphatic carboxylic acids is 2. The van der Waals surface area contributed by atoms with E-state index in [9.17, 15) is 9.59 Å². The number of nitrogens with one attached hydrogen (secondary N) is 1. The smallest absolute Gasteiger partial charge is 0.321 e. The van der Waals surface area contributed by atoms with Gasteiger partial charge in [-0.2, -0.15) is 0 Å². The van der Waals surface area contributed by atoms with E-state index in [0.717, 1.165) is 11.5 Å². The lowest BCUT2D eigenvalue weighted by molar-refractivity contribution is -0.145. The molecule has 6 heteroatoms. The van der Waals surface area contributed by atoms with E-state index in [4.69, 9.17) is 14.6 Å². The minimum atomic E-state index is -1.16. The van der Waals surface area contributed by atoms with Crippen LogP contribution in [0.1, 0.15) is 17.9 Å². The van der Waals surface area contributed by atoms with Crippen LogP contribution in [0, 0.1) is 6.92 Å². The third-order valence-electron chi connectivity index (χ3n) is 2.23. The van der Waals surface area contributed by atoms with Crippen LogP contribution in [0.25, 0.3) is 0 Å². The Bertz CT molecular complexity index is 398. The number of hydrogen-bond acceptors (Lipinski definition) is 4. The number of hydrogen-bond donors (Lipinski definition) is 3. The van der Waals surface area contributed by atoms with Crippen LogP contribution in [0.5, 0.6) is 0 Å². The Hall–Kier alpha value is -1.82. The Morgan fingerprint density at radius 3 is 2.59 bits per heavy atom. The number of aryl methyl sites for hydroxylation is 1. The van der Waals surface area contributed by atoms with Crippen LogP contribution in [0.2, 0.25) is 0 Å². The number of furan rings is 1. The van der Waals surface area contributed by atoms with Crippen molar-refractivity contribution in [2.45, 2.75) is 25.8 Å². The molecule has 0 aromatic carbocycles. The van der Waals surface area contributed by atoms with Gasteiger partial charge in [-0.15, -0.1) is 0 Å². The maximum absolute atomic E-state index is 10.7. The monoisotopic (exact) mass is 241 g/mol. The maximum Gasteiger partial charge on any atom is 0.321 e. The van der Waals surface area contributed by atoms with Crippen molar-refractivity contribution in [1.82, 2.24) is 5.32 Å². The summed E-state index contributed by atoms with van der Waals surface area (Å²) < 4.78 is 5.30. The highest BCUT2D eigenvalue weighted by atomic mass is 16.4. The highest BCUT2D eigenvalue weighted by Gasteiger charge is 2.19. The highest BCUT2D eigenvalue weighted by molar-refractivity contribution is 5.80. The van der Waals surface area contributed by atoms with Crippen molar-refractivity contribution in [1.29, 1.82) is 0 Å². The zero-order chi connectivity index (χ0) is 12.8. The molecule has 1 aromatic heterocycles. The molecule has 94 valence electrons. The molecule has 0 spiro atoms. The highest BCUT2D eigenvalue weighted by Crippen LogP contribution is 2.06. The van der Waals surface area contributed by atoms with Crippen LogP contribution < -0.4 is 5.32 Å². The van der Waals surface area contributed by atoms with Crippen molar-refractivity contribution in [2.75, 3.05) is 6.54 Å². The fourth-order valence-corrected chi connectivity index (χ4v) is 1.41. The van der Waals surface area contributed by atoms with Crippen LogP contribution in [-0.2, 0) is 16.0 Å². The molecule has 0 aliphatic heterocycles. The Kier molecular flexibility index (Phi) is 4.71. The summed E-state index contributed by atoms with van der Waals surface area (Å²) in [5, 5.41) is 20.0. The maximum atomic E-state index is 10.7. The van der Waals surface area contributed by atoms with Gasteiger partial charge in [-0.05, 0) is 19.1 Å². The molecule has 0 radical (unpaired) electrons. The van der Waals surface area contributed by atoms with Crippen molar-refractivity contribution < 1.29 is 24.2 Å². The van der Waals surface area contributed by atoms with Crippen molar-refractivity contribution in [3.8, 4) is 0 Å². The zero-order valence-electron chi connectivity index (χ0n) is 9.47. The topological polar surface area (TPSA) is 99.8 Å². The van der Waals surface area contributed by atoms with Crippen molar-refractivity contribution in [3.05, 3.63) is 23.7 Å². The second kappa shape index (κ2) is 6.05. The van der Waals surface area contributed by atoms with E-state index in [1.807, 2.05) is 19.1 Å². The van der Waals surface area contributed by atoms with Crippen LogP contribution in [0.15, 0.2) is 16.5 Å². The molecule has 0 bridgehead atoms. The van der Waals surface area contributed by atoms with E-state index < -0.39 is 24.4 Å². The van der Waals surface area contributed by atoms with Gasteiger partial charge in [-0.1, -0.05) is 0 Å².